The zero-order valence-electron chi connectivity index (χ0n) is 9.77. The van der Waals surface area contributed by atoms with Crippen LogP contribution < -0.4 is 5.32 Å². The van der Waals surface area contributed by atoms with Crippen LogP contribution in [0.2, 0.25) is 0 Å². The Labute approximate surface area is 99.5 Å². The van der Waals surface area contributed by atoms with E-state index >= 15 is 0 Å². The number of hydrogen-bond acceptors (Lipinski definition) is 4. The van der Waals surface area contributed by atoms with Crippen LogP contribution in [0.4, 0.5) is 5.82 Å². The van der Waals surface area contributed by atoms with Gasteiger partial charge in [-0.05, 0) is 19.2 Å². The number of fused-ring (bicyclic) bond motifs is 1. The van der Waals surface area contributed by atoms with Gasteiger partial charge in [-0.1, -0.05) is 0 Å². The fraction of sp³-hybridized carbons (Fsp3) is 0.455. The summed E-state index contributed by atoms with van der Waals surface area (Å²) >= 11 is 1.82. The molecule has 2 aromatic heterocycles. The molecule has 16 heavy (non-hydrogen) atoms. The van der Waals surface area contributed by atoms with E-state index in [1.807, 2.05) is 42.0 Å². The molecule has 0 bridgehead atoms. The molecule has 2 rings (SSSR count). The van der Waals surface area contributed by atoms with E-state index in [0.29, 0.717) is 6.04 Å². The smallest absolute Gasteiger partial charge is 0.154 e. The topological polar surface area (TPSA) is 42.7 Å². The van der Waals surface area contributed by atoms with Gasteiger partial charge in [0.2, 0.25) is 0 Å². The minimum Gasteiger partial charge on any atom is -0.365 e. The number of pyridine rings is 1. The van der Waals surface area contributed by atoms with Crippen molar-refractivity contribution in [3.8, 4) is 0 Å². The van der Waals surface area contributed by atoms with E-state index in [4.69, 9.17) is 0 Å². The molecular weight excluding hydrogens is 220 g/mol. The standard InChI is InChI=1S/C11H16N4S/c1-8(6-16-3)14-11-10-9(4-5-12-11)15(2)7-13-10/h4-5,7-8H,6H2,1-3H3,(H,12,14). The molecule has 0 fully saturated rings. The van der Waals surface area contributed by atoms with Crippen molar-refractivity contribution >= 4 is 28.6 Å². The van der Waals surface area contributed by atoms with E-state index in [1.165, 1.54) is 0 Å². The Balaban J connectivity index is 2.30. The second kappa shape index (κ2) is 4.74. The van der Waals surface area contributed by atoms with E-state index in [9.17, 15) is 0 Å². The first-order valence-corrected chi connectivity index (χ1v) is 6.63. The number of rotatable bonds is 4. The molecule has 2 aromatic rings. The quantitative estimate of drug-likeness (QED) is 0.883. The van der Waals surface area contributed by atoms with E-state index in [-0.39, 0.29) is 0 Å². The highest BCUT2D eigenvalue weighted by Gasteiger charge is 2.08. The summed E-state index contributed by atoms with van der Waals surface area (Å²) in [5, 5.41) is 3.39. The molecule has 0 aliphatic rings. The van der Waals surface area contributed by atoms with Gasteiger partial charge in [0.25, 0.3) is 0 Å². The van der Waals surface area contributed by atoms with Gasteiger partial charge < -0.3 is 9.88 Å². The van der Waals surface area contributed by atoms with Gasteiger partial charge in [0, 0.05) is 25.0 Å². The van der Waals surface area contributed by atoms with Crippen LogP contribution in [0.5, 0.6) is 0 Å². The molecule has 0 amide bonds. The van der Waals surface area contributed by atoms with Crippen molar-refractivity contribution in [2.45, 2.75) is 13.0 Å². The van der Waals surface area contributed by atoms with Gasteiger partial charge in [-0.15, -0.1) is 0 Å². The highest BCUT2D eigenvalue weighted by Crippen LogP contribution is 2.19. The number of nitrogens with one attached hydrogen (secondary N) is 1. The monoisotopic (exact) mass is 236 g/mol. The van der Waals surface area contributed by atoms with Crippen LogP contribution >= 0.6 is 11.8 Å². The predicted octanol–water partition coefficient (Wildman–Crippen LogP) is 2.13. The summed E-state index contributed by atoms with van der Waals surface area (Å²) in [6.45, 7) is 2.15. The lowest BCUT2D eigenvalue weighted by Gasteiger charge is -2.13. The molecule has 0 saturated carbocycles. The molecule has 1 N–H and O–H groups in total. The second-order valence-corrected chi connectivity index (χ2v) is 4.79. The summed E-state index contributed by atoms with van der Waals surface area (Å²) in [7, 11) is 1.99. The SMILES string of the molecule is CSCC(C)Nc1nccc2c1ncn2C. The molecule has 0 spiro atoms. The summed E-state index contributed by atoms with van der Waals surface area (Å²) in [6.07, 6.45) is 5.74. The van der Waals surface area contributed by atoms with Crippen LogP contribution in [0.1, 0.15) is 6.92 Å². The fourth-order valence-corrected chi connectivity index (χ4v) is 2.28. The van der Waals surface area contributed by atoms with Crippen molar-refractivity contribution in [2.24, 2.45) is 7.05 Å². The maximum atomic E-state index is 4.36. The van der Waals surface area contributed by atoms with Gasteiger partial charge in [0.1, 0.15) is 5.52 Å². The Morgan fingerprint density at radius 3 is 3.06 bits per heavy atom. The Hall–Kier alpha value is -1.23. The lowest BCUT2D eigenvalue weighted by molar-refractivity contribution is 0.905. The predicted molar refractivity (Wildman–Crippen MR) is 70.0 cm³/mol. The fourth-order valence-electron chi connectivity index (χ4n) is 1.69. The van der Waals surface area contributed by atoms with Crippen LogP contribution in [-0.4, -0.2) is 32.6 Å². The first kappa shape index (κ1) is 11.3. The zero-order chi connectivity index (χ0) is 11.5. The van der Waals surface area contributed by atoms with E-state index in [1.54, 1.807) is 0 Å². The molecule has 0 aliphatic heterocycles. The summed E-state index contributed by atoms with van der Waals surface area (Å²) in [6, 6.07) is 2.38. The van der Waals surface area contributed by atoms with E-state index < -0.39 is 0 Å². The number of nitrogens with zero attached hydrogens (tertiary/aromatic N) is 3. The van der Waals surface area contributed by atoms with Crippen molar-refractivity contribution in [1.82, 2.24) is 14.5 Å². The van der Waals surface area contributed by atoms with Crippen molar-refractivity contribution < 1.29 is 0 Å². The van der Waals surface area contributed by atoms with Gasteiger partial charge in [-0.25, -0.2) is 9.97 Å². The molecule has 0 saturated heterocycles. The van der Waals surface area contributed by atoms with Crippen molar-refractivity contribution in [2.75, 3.05) is 17.3 Å². The maximum absolute atomic E-state index is 4.36. The highest BCUT2D eigenvalue weighted by molar-refractivity contribution is 7.98. The summed E-state index contributed by atoms with van der Waals surface area (Å²) in [4.78, 5) is 8.71. The van der Waals surface area contributed by atoms with Gasteiger partial charge in [-0.2, -0.15) is 11.8 Å². The number of anilines is 1. The molecule has 1 atom stereocenters. The van der Waals surface area contributed by atoms with Crippen LogP contribution in [0, 0.1) is 0 Å². The second-order valence-electron chi connectivity index (χ2n) is 3.88. The number of hydrogen-bond donors (Lipinski definition) is 1. The average Bonchev–Trinajstić information content (AvgIpc) is 2.62. The molecule has 2 heterocycles. The van der Waals surface area contributed by atoms with Gasteiger partial charge >= 0.3 is 0 Å². The number of imidazole rings is 1. The van der Waals surface area contributed by atoms with Crippen molar-refractivity contribution in [1.29, 1.82) is 0 Å². The molecular formula is C11H16N4S. The number of aryl methyl sites for hydroxylation is 1. The van der Waals surface area contributed by atoms with Gasteiger partial charge in [-0.3, -0.25) is 0 Å². The third kappa shape index (κ3) is 2.14. The minimum atomic E-state index is 0.398. The normalized spacial score (nSPS) is 12.9. The molecule has 0 radical (unpaired) electrons. The highest BCUT2D eigenvalue weighted by atomic mass is 32.2. The Morgan fingerprint density at radius 1 is 1.50 bits per heavy atom. The Kier molecular flexibility index (Phi) is 3.33. The first-order chi connectivity index (χ1) is 7.72. The molecule has 0 aromatic carbocycles. The minimum absolute atomic E-state index is 0.398. The summed E-state index contributed by atoms with van der Waals surface area (Å²) < 4.78 is 2.00. The number of aromatic nitrogens is 3. The molecule has 0 aliphatic carbocycles. The average molecular weight is 236 g/mol. The van der Waals surface area contributed by atoms with Crippen LogP contribution in [0.25, 0.3) is 11.0 Å². The lowest BCUT2D eigenvalue weighted by atomic mass is 10.3. The van der Waals surface area contributed by atoms with Crippen molar-refractivity contribution in [3.63, 3.8) is 0 Å². The van der Waals surface area contributed by atoms with Gasteiger partial charge in [0.05, 0.1) is 11.8 Å². The van der Waals surface area contributed by atoms with Gasteiger partial charge in [0.15, 0.2) is 5.82 Å². The lowest BCUT2D eigenvalue weighted by Crippen LogP contribution is -2.18. The Bertz CT molecular complexity index is 480. The van der Waals surface area contributed by atoms with E-state index in [2.05, 4.69) is 28.5 Å². The maximum Gasteiger partial charge on any atom is 0.154 e. The van der Waals surface area contributed by atoms with Crippen molar-refractivity contribution in [3.05, 3.63) is 18.6 Å². The van der Waals surface area contributed by atoms with Crippen LogP contribution in [0.3, 0.4) is 0 Å². The molecule has 86 valence electrons. The first-order valence-electron chi connectivity index (χ1n) is 5.24. The zero-order valence-corrected chi connectivity index (χ0v) is 10.6. The Morgan fingerprint density at radius 2 is 2.31 bits per heavy atom. The van der Waals surface area contributed by atoms with Crippen LogP contribution in [0.15, 0.2) is 18.6 Å². The van der Waals surface area contributed by atoms with Crippen LogP contribution in [-0.2, 0) is 7.05 Å². The largest absolute Gasteiger partial charge is 0.365 e. The summed E-state index contributed by atoms with van der Waals surface area (Å²) in [5.74, 6) is 1.94. The number of thioether (sulfide) groups is 1. The third-order valence-corrected chi connectivity index (χ3v) is 3.28. The third-order valence-electron chi connectivity index (χ3n) is 2.44. The molecule has 1 unspecified atom stereocenters. The molecule has 4 nitrogen and oxygen atoms in total. The molecule has 5 heteroatoms. The summed E-state index contributed by atoms with van der Waals surface area (Å²) in [5.41, 5.74) is 2.05. The van der Waals surface area contributed by atoms with E-state index in [0.717, 1.165) is 22.6 Å².